The van der Waals surface area contributed by atoms with Gasteiger partial charge in [0.1, 0.15) is 0 Å². The molecule has 0 aliphatic heterocycles. The van der Waals surface area contributed by atoms with E-state index in [1.165, 1.54) is 38.5 Å². The Kier molecular flexibility index (Phi) is 11.1. The molecule has 1 aromatic rings. The van der Waals surface area contributed by atoms with Gasteiger partial charge in [0, 0.05) is 5.56 Å². The van der Waals surface area contributed by atoms with Crippen molar-refractivity contribution in [1.29, 1.82) is 0 Å². The van der Waals surface area contributed by atoms with Crippen LogP contribution in [0.5, 0.6) is 5.75 Å². The van der Waals surface area contributed by atoms with E-state index >= 15 is 4.39 Å². The normalized spacial score (nSPS) is 24.0. The summed E-state index contributed by atoms with van der Waals surface area (Å²) in [6.45, 7) is 16.3. The Morgan fingerprint density at radius 2 is 1.59 bits per heavy atom. The molecule has 2 aliphatic carbocycles. The quantitative estimate of drug-likeness (QED) is 0.241. The number of halogens is 2. The van der Waals surface area contributed by atoms with Gasteiger partial charge in [-0.05, 0) is 112 Å². The van der Waals surface area contributed by atoms with E-state index in [4.69, 9.17) is 8.85 Å². The van der Waals surface area contributed by atoms with Crippen LogP contribution >= 0.6 is 0 Å². The molecule has 0 spiro atoms. The van der Waals surface area contributed by atoms with Gasteiger partial charge in [0.25, 0.3) is 0 Å². The molecule has 2 atom stereocenters. The highest BCUT2D eigenvalue weighted by molar-refractivity contribution is 6.84. The zero-order chi connectivity index (χ0) is 27.2. The molecule has 1 saturated carbocycles. The monoisotopic (exact) mass is 550 g/mol. The first-order valence-electron chi connectivity index (χ1n) is 14.9. The van der Waals surface area contributed by atoms with Crippen molar-refractivity contribution in [2.75, 3.05) is 6.61 Å². The molecule has 0 heterocycles. The van der Waals surface area contributed by atoms with E-state index in [-0.39, 0.29) is 5.75 Å². The summed E-state index contributed by atoms with van der Waals surface area (Å²) in [5.74, 6) is 1.49. The number of rotatable bonds is 12. The third kappa shape index (κ3) is 9.03. The molecule has 37 heavy (non-hydrogen) atoms. The fourth-order valence-electron chi connectivity index (χ4n) is 6.23. The average molecular weight is 551 g/mol. The second kappa shape index (κ2) is 13.4. The third-order valence-corrected chi connectivity index (χ3v) is 16.3. The molecule has 0 saturated heterocycles. The summed E-state index contributed by atoms with van der Waals surface area (Å²) in [7, 11) is -3.70. The van der Waals surface area contributed by atoms with Gasteiger partial charge < -0.3 is 8.85 Å². The van der Waals surface area contributed by atoms with Crippen LogP contribution in [0.2, 0.25) is 38.3 Å². The largest absolute Gasteiger partial charge is 0.491 e. The molecule has 1 fully saturated rings. The van der Waals surface area contributed by atoms with Crippen molar-refractivity contribution in [1.82, 2.24) is 0 Å². The minimum atomic E-state index is -1.96. The van der Waals surface area contributed by atoms with Crippen LogP contribution < -0.4 is 4.74 Å². The molecule has 0 bridgehead atoms. The predicted molar refractivity (Wildman–Crippen MR) is 158 cm³/mol. The van der Waals surface area contributed by atoms with Gasteiger partial charge in [-0.1, -0.05) is 52.5 Å². The zero-order valence-electron chi connectivity index (χ0n) is 24.6. The van der Waals surface area contributed by atoms with Crippen LogP contribution in [0.3, 0.4) is 0 Å². The first-order valence-corrected chi connectivity index (χ1v) is 21.1. The highest BCUT2D eigenvalue weighted by atomic mass is 28.4. The second-order valence-corrected chi connectivity index (χ2v) is 22.2. The molecule has 0 amide bonds. The Morgan fingerprint density at radius 1 is 0.919 bits per heavy atom. The maximum absolute atomic E-state index is 15.1. The lowest BCUT2D eigenvalue weighted by Gasteiger charge is -2.34. The first-order chi connectivity index (χ1) is 17.4. The highest BCUT2D eigenvalue weighted by Crippen LogP contribution is 2.42. The van der Waals surface area contributed by atoms with Crippen molar-refractivity contribution >= 4 is 22.2 Å². The van der Waals surface area contributed by atoms with Gasteiger partial charge in [-0.25, -0.2) is 4.39 Å². The minimum Gasteiger partial charge on any atom is -0.491 e. The molecule has 1 aromatic carbocycles. The Hall–Kier alpha value is -0.986. The maximum Gasteiger partial charge on any atom is 0.201 e. The lowest BCUT2D eigenvalue weighted by atomic mass is 9.71. The van der Waals surface area contributed by atoms with Crippen molar-refractivity contribution in [3.63, 3.8) is 0 Å². The van der Waals surface area contributed by atoms with E-state index in [1.807, 2.05) is 0 Å². The van der Waals surface area contributed by atoms with Crippen molar-refractivity contribution in [3.05, 3.63) is 35.4 Å². The number of ether oxygens (including phenoxy) is 1. The fourth-order valence-corrected chi connectivity index (χ4v) is 14.8. The smallest absolute Gasteiger partial charge is 0.201 e. The van der Waals surface area contributed by atoms with Gasteiger partial charge in [-0.3, -0.25) is 0 Å². The van der Waals surface area contributed by atoms with Crippen LogP contribution in [0.15, 0.2) is 18.2 Å². The first kappa shape index (κ1) is 30.6. The Bertz CT molecular complexity index is 907. The summed E-state index contributed by atoms with van der Waals surface area (Å²) in [4.78, 5) is 0. The third-order valence-electron chi connectivity index (χ3n) is 9.02. The number of allylic oxidation sites excluding steroid dienone is 2. The molecule has 0 radical (unpaired) electrons. The van der Waals surface area contributed by atoms with E-state index < -0.39 is 28.3 Å². The van der Waals surface area contributed by atoms with Crippen LogP contribution in [-0.2, 0) is 4.12 Å². The topological polar surface area (TPSA) is 18.5 Å². The summed E-state index contributed by atoms with van der Waals surface area (Å²) >= 11 is 0. The lowest BCUT2D eigenvalue weighted by Crippen LogP contribution is -2.45. The maximum atomic E-state index is 15.1. The van der Waals surface area contributed by atoms with E-state index in [9.17, 15) is 4.39 Å². The fraction of sp³-hybridized carbons (Fsp3) is 0.742. The highest BCUT2D eigenvalue weighted by Gasteiger charge is 2.33. The molecule has 210 valence electrons. The van der Waals surface area contributed by atoms with Gasteiger partial charge >= 0.3 is 0 Å². The van der Waals surface area contributed by atoms with E-state index in [0.717, 1.165) is 54.7 Å². The SMILES string of the molecule is CCC(C)CC[Si](C)(C)O[Si](C)(C)CCOc1ccc(C2=CCC(C3CCC(C)CC3)CC2)c(F)c1F. The Balaban J connectivity index is 1.53. The summed E-state index contributed by atoms with van der Waals surface area (Å²) in [6, 6.07) is 5.26. The Morgan fingerprint density at radius 3 is 2.22 bits per heavy atom. The molecule has 3 rings (SSSR count). The minimum absolute atomic E-state index is 0.0185. The van der Waals surface area contributed by atoms with Crippen molar-refractivity contribution in [2.45, 2.75) is 117 Å². The lowest BCUT2D eigenvalue weighted by molar-refractivity contribution is 0.202. The van der Waals surface area contributed by atoms with E-state index in [0.29, 0.717) is 18.1 Å². The Labute approximate surface area is 227 Å². The summed E-state index contributed by atoms with van der Waals surface area (Å²) in [5, 5.41) is 0. The van der Waals surface area contributed by atoms with Gasteiger partial charge in [-0.15, -0.1) is 0 Å². The molecule has 2 unspecified atom stereocenters. The van der Waals surface area contributed by atoms with Crippen molar-refractivity contribution in [2.24, 2.45) is 23.7 Å². The van der Waals surface area contributed by atoms with Crippen molar-refractivity contribution in [3.8, 4) is 5.75 Å². The van der Waals surface area contributed by atoms with Gasteiger partial charge in [0.2, 0.25) is 5.82 Å². The van der Waals surface area contributed by atoms with Crippen LogP contribution in [0, 0.1) is 35.3 Å². The van der Waals surface area contributed by atoms with Crippen LogP contribution in [0.25, 0.3) is 5.57 Å². The second-order valence-electron chi connectivity index (χ2n) is 13.3. The van der Waals surface area contributed by atoms with Crippen molar-refractivity contribution < 1.29 is 17.6 Å². The predicted octanol–water partition coefficient (Wildman–Crippen LogP) is 10.2. The molecular weight excluding hydrogens is 499 g/mol. The van der Waals surface area contributed by atoms with E-state index in [1.54, 1.807) is 12.1 Å². The summed E-state index contributed by atoms with van der Waals surface area (Å²) < 4.78 is 42.5. The van der Waals surface area contributed by atoms with Gasteiger partial charge in [0.15, 0.2) is 28.2 Å². The van der Waals surface area contributed by atoms with E-state index in [2.05, 4.69) is 53.0 Å². The van der Waals surface area contributed by atoms with Crippen LogP contribution in [0.1, 0.15) is 84.1 Å². The average Bonchev–Trinajstić information content (AvgIpc) is 2.85. The van der Waals surface area contributed by atoms with Gasteiger partial charge in [0.05, 0.1) is 6.61 Å². The molecule has 2 aliphatic rings. The molecular formula is C31H52F2O2Si2. The molecule has 0 aromatic heterocycles. The van der Waals surface area contributed by atoms with Gasteiger partial charge in [-0.2, -0.15) is 4.39 Å². The zero-order valence-corrected chi connectivity index (χ0v) is 26.6. The number of benzene rings is 1. The number of hydrogen-bond donors (Lipinski definition) is 0. The molecule has 0 N–H and O–H groups in total. The number of hydrogen-bond acceptors (Lipinski definition) is 2. The summed E-state index contributed by atoms with van der Waals surface area (Å²) in [5.41, 5.74) is 1.36. The van der Waals surface area contributed by atoms with Crippen LogP contribution in [-0.4, -0.2) is 23.2 Å². The standard InChI is InChI=1S/C31H52F2O2Si2/c1-8-23(2)19-21-36(4,5)35-37(6,7)22-20-34-29-18-17-28(30(32)31(29)33)27-15-13-26(14-16-27)25-11-9-24(3)10-12-25/h15,17-18,23-26H,8-14,16,19-22H2,1-7H3. The molecule has 6 heteroatoms. The summed E-state index contributed by atoms with van der Waals surface area (Å²) in [6.07, 6.45) is 12.8. The molecule has 2 nitrogen and oxygen atoms in total. The van der Waals surface area contributed by atoms with Crippen LogP contribution in [0.4, 0.5) is 8.78 Å².